The number of nitrogens with one attached hydrogen (secondary N) is 3. The van der Waals surface area contributed by atoms with E-state index in [9.17, 15) is 14.3 Å². The van der Waals surface area contributed by atoms with Crippen LogP contribution < -0.4 is 5.32 Å². The lowest BCUT2D eigenvalue weighted by Gasteiger charge is -2.09. The van der Waals surface area contributed by atoms with E-state index in [0.717, 1.165) is 22.6 Å². The number of carbonyl (C=O) groups is 1. The summed E-state index contributed by atoms with van der Waals surface area (Å²) < 4.78 is 14.0. The molecule has 5 heterocycles. The molecule has 1 amide bonds. The summed E-state index contributed by atoms with van der Waals surface area (Å²) in [7, 11) is 0. The molecule has 5 aromatic heterocycles. The Kier molecular flexibility index (Phi) is 5.52. The number of benzene rings is 1. The highest BCUT2D eigenvalue weighted by Crippen LogP contribution is 2.33. The van der Waals surface area contributed by atoms with E-state index < -0.39 is 5.82 Å². The van der Waals surface area contributed by atoms with Crippen LogP contribution in [0.5, 0.6) is 5.75 Å². The van der Waals surface area contributed by atoms with Crippen molar-refractivity contribution in [1.82, 2.24) is 35.1 Å². The number of H-pyrrole nitrogens is 2. The highest BCUT2D eigenvalue weighted by Gasteiger charge is 2.17. The largest absolute Gasteiger partial charge is 0.508 e. The van der Waals surface area contributed by atoms with E-state index in [4.69, 9.17) is 4.98 Å². The molecule has 38 heavy (non-hydrogen) atoms. The Labute approximate surface area is 215 Å². The van der Waals surface area contributed by atoms with Gasteiger partial charge in [0, 0.05) is 47.3 Å². The van der Waals surface area contributed by atoms with Crippen molar-refractivity contribution in [2.45, 2.75) is 13.8 Å². The van der Waals surface area contributed by atoms with Crippen molar-refractivity contribution >= 4 is 33.7 Å². The molecule has 0 spiro atoms. The maximum Gasteiger partial charge on any atom is 0.226 e. The molecule has 6 rings (SSSR count). The fourth-order valence-corrected chi connectivity index (χ4v) is 4.17. The van der Waals surface area contributed by atoms with Crippen molar-refractivity contribution < 1.29 is 14.3 Å². The Bertz CT molecular complexity index is 1820. The van der Waals surface area contributed by atoms with E-state index in [1.807, 2.05) is 26.0 Å². The topological polar surface area (TPSA) is 145 Å². The summed E-state index contributed by atoms with van der Waals surface area (Å²) >= 11 is 0. The van der Waals surface area contributed by atoms with Crippen LogP contribution in [0.3, 0.4) is 0 Å². The zero-order valence-electron chi connectivity index (χ0n) is 20.3. The predicted octanol–water partition coefficient (Wildman–Crippen LogP) is 5.06. The molecule has 6 aromatic rings. The number of rotatable bonds is 5. The van der Waals surface area contributed by atoms with E-state index in [2.05, 4.69) is 35.5 Å². The Morgan fingerprint density at radius 2 is 1.87 bits per heavy atom. The smallest absolute Gasteiger partial charge is 0.226 e. The lowest BCUT2D eigenvalue weighted by Crippen LogP contribution is -2.17. The quantitative estimate of drug-likeness (QED) is 0.254. The fourth-order valence-electron chi connectivity index (χ4n) is 4.17. The number of pyridine rings is 3. The van der Waals surface area contributed by atoms with Gasteiger partial charge < -0.3 is 15.4 Å². The van der Waals surface area contributed by atoms with Crippen LogP contribution in [0, 0.1) is 11.7 Å². The van der Waals surface area contributed by atoms with Crippen molar-refractivity contribution in [1.29, 1.82) is 0 Å². The summed E-state index contributed by atoms with van der Waals surface area (Å²) in [5.41, 5.74) is 5.27. The number of amides is 1. The normalized spacial score (nSPS) is 11.5. The summed E-state index contributed by atoms with van der Waals surface area (Å²) in [5, 5.41) is 20.8. The fraction of sp³-hybridized carbons (Fsp3) is 0.111. The van der Waals surface area contributed by atoms with E-state index in [1.165, 1.54) is 12.1 Å². The molecular formula is C27H21FN8O2. The van der Waals surface area contributed by atoms with E-state index in [-0.39, 0.29) is 17.6 Å². The Hall–Kier alpha value is -5.19. The number of imidazole rings is 1. The average molecular weight is 509 g/mol. The second-order valence-electron chi connectivity index (χ2n) is 9.14. The number of fused-ring (bicyclic) bond motifs is 2. The molecule has 1 aromatic carbocycles. The summed E-state index contributed by atoms with van der Waals surface area (Å²) in [4.78, 5) is 33.2. The SMILES string of the molecule is CC(C)C(=O)Nc1cncc(-c2cnc3n[nH]c(-c4nc5c(-c6cc(O)cc(F)c6)nccc5[nH]4)c3c2)c1. The average Bonchev–Trinajstić information content (AvgIpc) is 3.51. The van der Waals surface area contributed by atoms with Crippen molar-refractivity contribution in [3.05, 3.63) is 67.0 Å². The summed E-state index contributed by atoms with van der Waals surface area (Å²) in [6, 6.07) is 9.28. The van der Waals surface area contributed by atoms with Crippen LogP contribution in [-0.4, -0.2) is 46.1 Å². The predicted molar refractivity (Wildman–Crippen MR) is 141 cm³/mol. The number of hydrogen-bond donors (Lipinski definition) is 4. The standard InChI is InChI=1S/C27H21FN8O2/c1-13(2)27(38)32-18-6-15(10-29-12-18)16-8-20-23(35-36-25(20)31-11-16)26-33-21-3-4-30-22(24(21)34-26)14-5-17(28)9-19(37)7-14/h3-13,37H,1-2H3,(H,32,38)(H,33,34)(H,31,35,36). The highest BCUT2D eigenvalue weighted by molar-refractivity contribution is 5.97. The third-order valence-corrected chi connectivity index (χ3v) is 6.07. The molecule has 188 valence electrons. The molecule has 0 fully saturated rings. The van der Waals surface area contributed by atoms with Gasteiger partial charge in [-0.25, -0.2) is 14.4 Å². The number of phenolic OH excluding ortho intramolecular Hbond substituents is 1. The van der Waals surface area contributed by atoms with Crippen molar-refractivity contribution in [3.63, 3.8) is 0 Å². The van der Waals surface area contributed by atoms with Gasteiger partial charge >= 0.3 is 0 Å². The lowest BCUT2D eigenvalue weighted by molar-refractivity contribution is -0.118. The van der Waals surface area contributed by atoms with Crippen molar-refractivity contribution in [2.75, 3.05) is 5.32 Å². The molecule has 0 saturated carbocycles. The maximum atomic E-state index is 14.0. The van der Waals surface area contributed by atoms with Crippen LogP contribution in [0.2, 0.25) is 0 Å². The Balaban J connectivity index is 1.42. The van der Waals surface area contributed by atoms with Gasteiger partial charge in [-0.05, 0) is 30.3 Å². The third-order valence-electron chi connectivity index (χ3n) is 6.07. The Morgan fingerprint density at radius 1 is 1.03 bits per heavy atom. The highest BCUT2D eigenvalue weighted by atomic mass is 19.1. The van der Waals surface area contributed by atoms with Crippen LogP contribution in [0.15, 0.2) is 61.2 Å². The van der Waals surface area contributed by atoms with E-state index >= 15 is 0 Å². The minimum Gasteiger partial charge on any atom is -0.508 e. The van der Waals surface area contributed by atoms with Gasteiger partial charge in [-0.2, -0.15) is 5.10 Å². The van der Waals surface area contributed by atoms with Gasteiger partial charge in [0.15, 0.2) is 11.5 Å². The number of nitrogens with zero attached hydrogens (tertiary/aromatic N) is 5. The van der Waals surface area contributed by atoms with Gasteiger partial charge in [0.1, 0.15) is 22.8 Å². The monoisotopic (exact) mass is 508 g/mol. The van der Waals surface area contributed by atoms with Crippen molar-refractivity contribution in [2.24, 2.45) is 5.92 Å². The number of halogens is 1. The maximum absolute atomic E-state index is 14.0. The van der Waals surface area contributed by atoms with Crippen LogP contribution >= 0.6 is 0 Å². The Morgan fingerprint density at radius 3 is 2.68 bits per heavy atom. The van der Waals surface area contributed by atoms with E-state index in [0.29, 0.717) is 45.1 Å². The molecule has 0 atom stereocenters. The first-order valence-corrected chi connectivity index (χ1v) is 11.8. The molecule has 0 aliphatic rings. The molecule has 0 aliphatic heterocycles. The first-order chi connectivity index (χ1) is 18.4. The zero-order valence-corrected chi connectivity index (χ0v) is 20.3. The number of carbonyl (C=O) groups excluding carboxylic acids is 1. The van der Waals surface area contributed by atoms with Gasteiger partial charge in [-0.15, -0.1) is 0 Å². The number of hydrogen-bond acceptors (Lipinski definition) is 7. The van der Waals surface area contributed by atoms with Crippen LogP contribution in [0.1, 0.15) is 13.8 Å². The molecular weight excluding hydrogens is 487 g/mol. The molecule has 10 nitrogen and oxygen atoms in total. The van der Waals surface area contributed by atoms with Gasteiger partial charge in [-0.3, -0.25) is 19.9 Å². The van der Waals surface area contributed by atoms with Gasteiger partial charge in [0.25, 0.3) is 0 Å². The first kappa shape index (κ1) is 23.2. The molecule has 11 heteroatoms. The molecule has 0 saturated heterocycles. The summed E-state index contributed by atoms with van der Waals surface area (Å²) in [5.74, 6) is -0.532. The molecule has 0 radical (unpaired) electrons. The molecule has 4 N–H and O–H groups in total. The minimum atomic E-state index is -0.574. The van der Waals surface area contributed by atoms with Gasteiger partial charge in [0.05, 0.1) is 28.5 Å². The minimum absolute atomic E-state index is 0.0955. The van der Waals surface area contributed by atoms with Crippen LogP contribution in [-0.2, 0) is 4.79 Å². The second-order valence-corrected chi connectivity index (χ2v) is 9.14. The summed E-state index contributed by atoms with van der Waals surface area (Å²) in [6.07, 6.45) is 6.57. The van der Waals surface area contributed by atoms with Gasteiger partial charge in [-0.1, -0.05) is 13.8 Å². The second kappa shape index (κ2) is 9.04. The van der Waals surface area contributed by atoms with Crippen LogP contribution in [0.25, 0.3) is 56.0 Å². The molecule has 0 bridgehead atoms. The summed E-state index contributed by atoms with van der Waals surface area (Å²) in [6.45, 7) is 3.65. The van der Waals surface area contributed by atoms with Crippen molar-refractivity contribution in [3.8, 4) is 39.7 Å². The number of phenols is 1. The lowest BCUT2D eigenvalue weighted by atomic mass is 10.1. The van der Waals surface area contributed by atoms with E-state index in [1.54, 1.807) is 30.9 Å². The molecule has 0 aliphatic carbocycles. The number of anilines is 1. The number of aromatic amines is 2. The molecule has 0 unspecified atom stereocenters. The third kappa shape index (κ3) is 4.19. The first-order valence-electron chi connectivity index (χ1n) is 11.8. The van der Waals surface area contributed by atoms with Crippen LogP contribution in [0.4, 0.5) is 10.1 Å². The zero-order chi connectivity index (χ0) is 26.4. The number of aromatic nitrogens is 7. The van der Waals surface area contributed by atoms with Gasteiger partial charge in [0.2, 0.25) is 5.91 Å². The number of aromatic hydroxyl groups is 1.